The van der Waals surface area contributed by atoms with E-state index in [0.29, 0.717) is 0 Å². The van der Waals surface area contributed by atoms with Crippen molar-refractivity contribution < 1.29 is 13.2 Å². The monoisotopic (exact) mass is 234 g/mol. The molecule has 0 aliphatic rings. The van der Waals surface area contributed by atoms with Crippen LogP contribution in [0.1, 0.15) is 38.4 Å². The molecule has 0 fully saturated rings. The molecule has 1 rings (SSSR count). The Morgan fingerprint density at radius 1 is 1.19 bits per heavy atom. The quantitative estimate of drug-likeness (QED) is 0.805. The fourth-order valence-electron chi connectivity index (χ4n) is 1.05. The van der Waals surface area contributed by atoms with Gasteiger partial charge in [0.15, 0.2) is 0 Å². The Kier molecular flexibility index (Phi) is 5.85. The summed E-state index contributed by atoms with van der Waals surface area (Å²) in [5, 5.41) is 0. The molecule has 2 N–H and O–H groups in total. The van der Waals surface area contributed by atoms with Crippen LogP contribution in [0.5, 0.6) is 0 Å². The molecule has 0 saturated heterocycles. The molecule has 0 unspecified atom stereocenters. The summed E-state index contributed by atoms with van der Waals surface area (Å²) in [5.74, 6) is 0.116. The smallest absolute Gasteiger partial charge is 0.384 e. The Hall–Kier alpha value is -1.26. The summed E-state index contributed by atoms with van der Waals surface area (Å²) in [6.07, 6.45) is -2.87. The molecule has 5 heteroatoms. The molecule has 92 valence electrons. The minimum absolute atomic E-state index is 0.00694. The third-order valence-corrected chi connectivity index (χ3v) is 1.64. The van der Waals surface area contributed by atoms with Crippen molar-refractivity contribution in [2.45, 2.75) is 39.8 Å². The maximum atomic E-state index is 12.3. The largest absolute Gasteiger partial charge is 0.418 e. The van der Waals surface area contributed by atoms with Gasteiger partial charge in [-0.15, -0.1) is 0 Å². The molecule has 0 radical (unpaired) electrons. The number of nitrogens with zero attached hydrogens (tertiary/aromatic N) is 1. The van der Waals surface area contributed by atoms with Gasteiger partial charge in [-0.25, -0.2) is 4.98 Å². The van der Waals surface area contributed by atoms with Crippen LogP contribution in [0.2, 0.25) is 0 Å². The molecule has 0 spiro atoms. The number of alkyl halides is 3. The number of aromatic nitrogens is 1. The maximum absolute atomic E-state index is 12.3. The molecule has 0 bridgehead atoms. The highest BCUT2D eigenvalue weighted by atomic mass is 19.4. The summed E-state index contributed by atoms with van der Waals surface area (Å²) >= 11 is 0. The van der Waals surface area contributed by atoms with Crippen molar-refractivity contribution in [3.63, 3.8) is 0 Å². The van der Waals surface area contributed by atoms with Crippen LogP contribution in [0.25, 0.3) is 0 Å². The van der Waals surface area contributed by atoms with Gasteiger partial charge in [0.05, 0.1) is 11.3 Å². The Morgan fingerprint density at radius 2 is 1.69 bits per heavy atom. The van der Waals surface area contributed by atoms with Gasteiger partial charge in [-0.2, -0.15) is 13.2 Å². The fraction of sp³-hybridized carbons (Fsp3) is 0.545. The first-order chi connectivity index (χ1) is 7.36. The lowest BCUT2D eigenvalue weighted by atomic mass is 10.1. The zero-order valence-corrected chi connectivity index (χ0v) is 9.73. The molecule has 0 atom stereocenters. The van der Waals surface area contributed by atoms with Crippen LogP contribution in [0.15, 0.2) is 12.1 Å². The van der Waals surface area contributed by atoms with E-state index in [-0.39, 0.29) is 17.9 Å². The van der Waals surface area contributed by atoms with Gasteiger partial charge in [-0.1, -0.05) is 27.2 Å². The summed E-state index contributed by atoms with van der Waals surface area (Å²) in [6, 6.07) is 2.11. The Bertz CT molecular complexity index is 321. The SMILES string of the molecule is CCC.CCc1nc(N)ccc1C(F)(F)F. The highest BCUT2D eigenvalue weighted by Gasteiger charge is 2.33. The fourth-order valence-corrected chi connectivity index (χ4v) is 1.05. The van der Waals surface area contributed by atoms with Crippen molar-refractivity contribution >= 4 is 5.82 Å². The lowest BCUT2D eigenvalue weighted by molar-refractivity contribution is -0.138. The van der Waals surface area contributed by atoms with Gasteiger partial charge >= 0.3 is 6.18 Å². The molecule has 16 heavy (non-hydrogen) atoms. The van der Waals surface area contributed by atoms with Crippen LogP contribution < -0.4 is 5.73 Å². The number of hydrogen-bond acceptors (Lipinski definition) is 2. The minimum Gasteiger partial charge on any atom is -0.384 e. The Balaban J connectivity index is 0.000000673. The third-order valence-electron chi connectivity index (χ3n) is 1.64. The summed E-state index contributed by atoms with van der Waals surface area (Å²) < 4.78 is 36.9. The summed E-state index contributed by atoms with van der Waals surface area (Å²) in [6.45, 7) is 5.86. The molecule has 2 nitrogen and oxygen atoms in total. The van der Waals surface area contributed by atoms with Gasteiger partial charge in [0.1, 0.15) is 5.82 Å². The van der Waals surface area contributed by atoms with E-state index in [2.05, 4.69) is 18.8 Å². The van der Waals surface area contributed by atoms with Crippen molar-refractivity contribution in [2.24, 2.45) is 0 Å². The van der Waals surface area contributed by atoms with Gasteiger partial charge in [-0.05, 0) is 18.6 Å². The van der Waals surface area contributed by atoms with E-state index < -0.39 is 11.7 Å². The number of hydrogen-bond donors (Lipinski definition) is 1. The Labute approximate surface area is 93.7 Å². The number of nitrogens with two attached hydrogens (primary N) is 1. The van der Waals surface area contributed by atoms with Crippen LogP contribution in [0.4, 0.5) is 19.0 Å². The molecular formula is C11H17F3N2. The summed E-state index contributed by atoms with van der Waals surface area (Å²) in [4.78, 5) is 3.62. The maximum Gasteiger partial charge on any atom is 0.418 e. The van der Waals surface area contributed by atoms with E-state index in [9.17, 15) is 13.2 Å². The first-order valence-corrected chi connectivity index (χ1v) is 5.19. The van der Waals surface area contributed by atoms with Gasteiger partial charge < -0.3 is 5.73 Å². The molecule has 0 aromatic carbocycles. The summed E-state index contributed by atoms with van der Waals surface area (Å²) in [7, 11) is 0. The molecule has 0 amide bonds. The molecule has 1 heterocycles. The molecule has 0 saturated carbocycles. The first kappa shape index (κ1) is 14.7. The van der Waals surface area contributed by atoms with Gasteiger partial charge in [0.2, 0.25) is 0 Å². The van der Waals surface area contributed by atoms with Crippen LogP contribution >= 0.6 is 0 Å². The zero-order chi connectivity index (χ0) is 12.8. The van der Waals surface area contributed by atoms with E-state index in [1.807, 2.05) is 0 Å². The highest BCUT2D eigenvalue weighted by Crippen LogP contribution is 2.31. The zero-order valence-electron chi connectivity index (χ0n) is 9.73. The highest BCUT2D eigenvalue weighted by molar-refractivity contribution is 5.35. The molecule has 0 aliphatic carbocycles. The van der Waals surface area contributed by atoms with Gasteiger partial charge in [0.25, 0.3) is 0 Å². The van der Waals surface area contributed by atoms with Crippen molar-refractivity contribution in [1.29, 1.82) is 0 Å². The van der Waals surface area contributed by atoms with Crippen LogP contribution in [0, 0.1) is 0 Å². The van der Waals surface area contributed by atoms with Crippen molar-refractivity contribution in [2.75, 3.05) is 5.73 Å². The van der Waals surface area contributed by atoms with Crippen molar-refractivity contribution in [3.8, 4) is 0 Å². The third kappa shape index (κ3) is 4.51. The lowest BCUT2D eigenvalue weighted by Gasteiger charge is -2.10. The van der Waals surface area contributed by atoms with E-state index in [4.69, 9.17) is 5.73 Å². The average molecular weight is 234 g/mol. The number of pyridine rings is 1. The number of aryl methyl sites for hydroxylation is 1. The average Bonchev–Trinajstić information content (AvgIpc) is 2.16. The summed E-state index contributed by atoms with van der Waals surface area (Å²) in [5.41, 5.74) is 4.56. The predicted octanol–water partition coefficient (Wildman–Crippen LogP) is 3.66. The predicted molar refractivity (Wildman–Crippen MR) is 59.0 cm³/mol. The number of nitrogen functional groups attached to an aromatic ring is 1. The second-order valence-electron chi connectivity index (χ2n) is 3.29. The van der Waals surface area contributed by atoms with Crippen LogP contribution in [-0.4, -0.2) is 4.98 Å². The minimum atomic E-state index is -4.34. The second-order valence-corrected chi connectivity index (χ2v) is 3.29. The number of halogens is 3. The van der Waals surface area contributed by atoms with E-state index in [1.54, 1.807) is 6.92 Å². The number of rotatable bonds is 1. The molecule has 0 aliphatic heterocycles. The normalized spacial score (nSPS) is 10.6. The lowest BCUT2D eigenvalue weighted by Crippen LogP contribution is -2.11. The van der Waals surface area contributed by atoms with Crippen LogP contribution in [-0.2, 0) is 12.6 Å². The van der Waals surface area contributed by atoms with E-state index in [1.165, 1.54) is 6.42 Å². The molecule has 1 aromatic rings. The standard InChI is InChI=1S/C8H9F3N2.C3H8/c1-2-6-5(8(9,10)11)3-4-7(12)13-6;1-3-2/h3-4H,2H2,1H3,(H2,12,13);3H2,1-2H3. The van der Waals surface area contributed by atoms with Crippen molar-refractivity contribution in [1.82, 2.24) is 4.98 Å². The molecule has 1 aromatic heterocycles. The first-order valence-electron chi connectivity index (χ1n) is 5.19. The van der Waals surface area contributed by atoms with E-state index in [0.717, 1.165) is 12.1 Å². The van der Waals surface area contributed by atoms with Crippen LogP contribution in [0.3, 0.4) is 0 Å². The Morgan fingerprint density at radius 3 is 2.06 bits per heavy atom. The molecular weight excluding hydrogens is 217 g/mol. The van der Waals surface area contributed by atoms with E-state index >= 15 is 0 Å². The number of anilines is 1. The van der Waals surface area contributed by atoms with Crippen molar-refractivity contribution in [3.05, 3.63) is 23.4 Å². The van der Waals surface area contributed by atoms with Gasteiger partial charge in [0, 0.05) is 0 Å². The topological polar surface area (TPSA) is 38.9 Å². The second kappa shape index (κ2) is 6.35. The van der Waals surface area contributed by atoms with Gasteiger partial charge in [-0.3, -0.25) is 0 Å².